The molecule has 1 saturated heterocycles. The summed E-state index contributed by atoms with van der Waals surface area (Å²) in [5, 5.41) is 0.234. The minimum Gasteiger partial charge on any atom is -0.378 e. The van der Waals surface area contributed by atoms with E-state index in [1.165, 1.54) is 30.4 Å². The highest BCUT2D eigenvalue weighted by Gasteiger charge is 2.15. The SMILES string of the molecule is Cc1cccc(CC(Cl)CCC2CCCCO2)c1. The number of aryl methyl sites for hydroxylation is 1. The van der Waals surface area contributed by atoms with E-state index in [4.69, 9.17) is 16.3 Å². The fourth-order valence-corrected chi connectivity index (χ4v) is 2.90. The lowest BCUT2D eigenvalue weighted by atomic mass is 10.0. The summed E-state index contributed by atoms with van der Waals surface area (Å²) in [4.78, 5) is 0. The van der Waals surface area contributed by atoms with E-state index in [2.05, 4.69) is 31.2 Å². The number of benzene rings is 1. The molecule has 2 atom stereocenters. The maximum atomic E-state index is 6.43. The van der Waals surface area contributed by atoms with E-state index in [-0.39, 0.29) is 5.38 Å². The van der Waals surface area contributed by atoms with Crippen LogP contribution in [0.5, 0.6) is 0 Å². The molecule has 2 unspecified atom stereocenters. The molecule has 0 N–H and O–H groups in total. The highest BCUT2D eigenvalue weighted by Crippen LogP contribution is 2.21. The van der Waals surface area contributed by atoms with Gasteiger partial charge >= 0.3 is 0 Å². The van der Waals surface area contributed by atoms with E-state index in [9.17, 15) is 0 Å². The van der Waals surface area contributed by atoms with Gasteiger partial charge < -0.3 is 4.74 Å². The molecule has 0 amide bonds. The van der Waals surface area contributed by atoms with Gasteiger partial charge in [0.05, 0.1) is 6.10 Å². The van der Waals surface area contributed by atoms with Gasteiger partial charge in [0, 0.05) is 12.0 Å². The summed E-state index contributed by atoms with van der Waals surface area (Å²) in [6.07, 6.45) is 7.35. The molecule has 18 heavy (non-hydrogen) atoms. The summed E-state index contributed by atoms with van der Waals surface area (Å²) in [5.74, 6) is 0. The molecule has 0 aliphatic carbocycles. The van der Waals surface area contributed by atoms with E-state index in [0.717, 1.165) is 25.9 Å². The standard InChI is InChI=1S/C16H23ClO/c1-13-5-4-6-14(11-13)12-15(17)8-9-16-7-2-3-10-18-16/h4-6,11,15-16H,2-3,7-10,12H2,1H3. The summed E-state index contributed by atoms with van der Waals surface area (Å²) in [7, 11) is 0. The van der Waals surface area contributed by atoms with Crippen molar-refractivity contribution in [3.05, 3.63) is 35.4 Å². The van der Waals surface area contributed by atoms with Crippen LogP contribution in [0, 0.1) is 6.92 Å². The number of alkyl halides is 1. The Labute approximate surface area is 115 Å². The average Bonchev–Trinajstić information content (AvgIpc) is 2.38. The Morgan fingerprint density at radius 2 is 2.28 bits per heavy atom. The highest BCUT2D eigenvalue weighted by atomic mass is 35.5. The molecule has 2 rings (SSSR count). The Hall–Kier alpha value is -0.530. The molecule has 0 saturated carbocycles. The van der Waals surface area contributed by atoms with Crippen LogP contribution in [0.3, 0.4) is 0 Å². The second-order valence-electron chi connectivity index (χ2n) is 5.36. The number of hydrogen-bond donors (Lipinski definition) is 0. The molecule has 1 nitrogen and oxygen atoms in total. The first-order chi connectivity index (χ1) is 8.74. The fourth-order valence-electron chi connectivity index (χ4n) is 2.60. The first-order valence-corrected chi connectivity index (χ1v) is 7.49. The molecule has 100 valence electrons. The van der Waals surface area contributed by atoms with Crippen LogP contribution in [0.15, 0.2) is 24.3 Å². The predicted octanol–water partition coefficient (Wildman–Crippen LogP) is 4.49. The topological polar surface area (TPSA) is 9.23 Å². The van der Waals surface area contributed by atoms with Gasteiger partial charge in [0.15, 0.2) is 0 Å². The quantitative estimate of drug-likeness (QED) is 0.714. The van der Waals surface area contributed by atoms with Crippen molar-refractivity contribution < 1.29 is 4.74 Å². The summed E-state index contributed by atoms with van der Waals surface area (Å²) in [6.45, 7) is 3.07. The lowest BCUT2D eigenvalue weighted by Crippen LogP contribution is -2.20. The largest absolute Gasteiger partial charge is 0.378 e. The highest BCUT2D eigenvalue weighted by molar-refractivity contribution is 6.20. The Balaban J connectivity index is 1.72. The van der Waals surface area contributed by atoms with Gasteiger partial charge in [-0.05, 0) is 51.0 Å². The van der Waals surface area contributed by atoms with E-state index >= 15 is 0 Å². The molecule has 0 spiro atoms. The molecule has 2 heteroatoms. The van der Waals surface area contributed by atoms with Gasteiger partial charge in [0.2, 0.25) is 0 Å². The van der Waals surface area contributed by atoms with Crippen molar-refractivity contribution in [1.29, 1.82) is 0 Å². The smallest absolute Gasteiger partial charge is 0.0575 e. The molecule has 1 heterocycles. The molecule has 1 aliphatic heterocycles. The third kappa shape index (κ3) is 4.62. The molecule has 1 fully saturated rings. The van der Waals surface area contributed by atoms with Crippen LogP contribution < -0.4 is 0 Å². The minimum absolute atomic E-state index is 0.234. The number of ether oxygens (including phenoxy) is 1. The molecular weight excluding hydrogens is 244 g/mol. The van der Waals surface area contributed by atoms with E-state index in [0.29, 0.717) is 6.10 Å². The van der Waals surface area contributed by atoms with Gasteiger partial charge in [-0.2, -0.15) is 0 Å². The van der Waals surface area contributed by atoms with Gasteiger partial charge in [-0.25, -0.2) is 0 Å². The van der Waals surface area contributed by atoms with Crippen LogP contribution in [0.25, 0.3) is 0 Å². The number of rotatable bonds is 5. The minimum atomic E-state index is 0.234. The van der Waals surface area contributed by atoms with Crippen molar-refractivity contribution in [2.75, 3.05) is 6.61 Å². The summed E-state index contributed by atoms with van der Waals surface area (Å²) >= 11 is 6.43. The van der Waals surface area contributed by atoms with Crippen molar-refractivity contribution in [3.8, 4) is 0 Å². The Morgan fingerprint density at radius 3 is 3.00 bits per heavy atom. The monoisotopic (exact) mass is 266 g/mol. The molecule has 0 aromatic heterocycles. The van der Waals surface area contributed by atoms with Gasteiger partial charge in [0.25, 0.3) is 0 Å². The third-order valence-corrected chi connectivity index (χ3v) is 3.99. The summed E-state index contributed by atoms with van der Waals surface area (Å²) in [6, 6.07) is 8.63. The van der Waals surface area contributed by atoms with Crippen molar-refractivity contribution in [2.24, 2.45) is 0 Å². The van der Waals surface area contributed by atoms with E-state index in [1.54, 1.807) is 0 Å². The zero-order chi connectivity index (χ0) is 12.8. The van der Waals surface area contributed by atoms with Crippen molar-refractivity contribution in [2.45, 2.75) is 56.9 Å². The van der Waals surface area contributed by atoms with Crippen LogP contribution in [0.1, 0.15) is 43.2 Å². The van der Waals surface area contributed by atoms with Crippen LogP contribution >= 0.6 is 11.6 Å². The zero-order valence-corrected chi connectivity index (χ0v) is 12.0. The van der Waals surface area contributed by atoms with Gasteiger partial charge in [-0.3, -0.25) is 0 Å². The molecule has 1 aliphatic rings. The molecular formula is C16H23ClO. The molecule has 1 aromatic carbocycles. The fraction of sp³-hybridized carbons (Fsp3) is 0.625. The zero-order valence-electron chi connectivity index (χ0n) is 11.2. The van der Waals surface area contributed by atoms with Crippen molar-refractivity contribution >= 4 is 11.6 Å². The second kappa shape index (κ2) is 7.16. The molecule has 1 aromatic rings. The Kier molecular flexibility index (Phi) is 5.52. The molecule has 0 bridgehead atoms. The maximum absolute atomic E-state index is 6.43. The summed E-state index contributed by atoms with van der Waals surface area (Å²) in [5.41, 5.74) is 2.66. The Morgan fingerprint density at radius 1 is 1.39 bits per heavy atom. The van der Waals surface area contributed by atoms with Crippen LogP contribution in [0.2, 0.25) is 0 Å². The lowest BCUT2D eigenvalue weighted by Gasteiger charge is -2.23. The average molecular weight is 267 g/mol. The van der Waals surface area contributed by atoms with E-state index in [1.807, 2.05) is 0 Å². The first-order valence-electron chi connectivity index (χ1n) is 7.05. The third-order valence-electron chi connectivity index (χ3n) is 3.62. The van der Waals surface area contributed by atoms with Gasteiger partial charge in [0.1, 0.15) is 0 Å². The van der Waals surface area contributed by atoms with Crippen LogP contribution in [-0.4, -0.2) is 18.1 Å². The van der Waals surface area contributed by atoms with Crippen LogP contribution in [-0.2, 0) is 11.2 Å². The lowest BCUT2D eigenvalue weighted by molar-refractivity contribution is 0.0100. The Bertz CT molecular complexity index is 358. The van der Waals surface area contributed by atoms with E-state index < -0.39 is 0 Å². The number of hydrogen-bond acceptors (Lipinski definition) is 1. The second-order valence-corrected chi connectivity index (χ2v) is 5.97. The maximum Gasteiger partial charge on any atom is 0.0575 e. The number of halogens is 1. The van der Waals surface area contributed by atoms with Crippen molar-refractivity contribution in [3.63, 3.8) is 0 Å². The normalized spacial score (nSPS) is 21.8. The van der Waals surface area contributed by atoms with Crippen molar-refractivity contribution in [1.82, 2.24) is 0 Å². The van der Waals surface area contributed by atoms with Crippen LogP contribution in [0.4, 0.5) is 0 Å². The predicted molar refractivity (Wildman–Crippen MR) is 77.3 cm³/mol. The first kappa shape index (κ1) is 13.9. The summed E-state index contributed by atoms with van der Waals surface area (Å²) < 4.78 is 5.74. The van der Waals surface area contributed by atoms with Gasteiger partial charge in [-0.15, -0.1) is 11.6 Å². The van der Waals surface area contributed by atoms with Gasteiger partial charge in [-0.1, -0.05) is 29.8 Å². The molecule has 0 radical (unpaired) electrons.